The number of nitrogens with one attached hydrogen (secondary N) is 2. The number of hydrogen-bond acceptors (Lipinski definition) is 5. The molecule has 2 atom stereocenters. The topological polar surface area (TPSA) is 122 Å². The first kappa shape index (κ1) is 17.1. The van der Waals surface area contributed by atoms with Gasteiger partial charge in [0.2, 0.25) is 11.8 Å². The zero-order valence-corrected chi connectivity index (χ0v) is 13.4. The summed E-state index contributed by atoms with van der Waals surface area (Å²) >= 11 is 0. The van der Waals surface area contributed by atoms with E-state index in [1.54, 1.807) is 24.3 Å². The van der Waals surface area contributed by atoms with Gasteiger partial charge >= 0.3 is 5.97 Å². The first-order chi connectivity index (χ1) is 11.9. The average molecular weight is 346 g/mol. The van der Waals surface area contributed by atoms with E-state index in [9.17, 15) is 24.3 Å². The van der Waals surface area contributed by atoms with Crippen molar-refractivity contribution in [1.82, 2.24) is 10.6 Å². The van der Waals surface area contributed by atoms with Gasteiger partial charge in [-0.3, -0.25) is 19.7 Å². The zero-order valence-electron chi connectivity index (χ0n) is 13.4. The molecule has 1 aromatic rings. The normalized spacial score (nSPS) is 25.7. The first-order valence-corrected chi connectivity index (χ1v) is 7.96. The Morgan fingerprint density at radius 2 is 2.00 bits per heavy atom. The lowest BCUT2D eigenvalue weighted by Crippen LogP contribution is -2.55. The van der Waals surface area contributed by atoms with E-state index >= 15 is 0 Å². The lowest BCUT2D eigenvalue weighted by molar-refractivity contribution is -0.144. The number of carboxylic acid groups (broad SMARTS) is 1. The largest absolute Gasteiger partial charge is 0.479 e. The summed E-state index contributed by atoms with van der Waals surface area (Å²) in [5.74, 6) is -2.56. The second-order valence-corrected chi connectivity index (χ2v) is 6.36. The van der Waals surface area contributed by atoms with Crippen LogP contribution in [0.25, 0.3) is 0 Å². The molecular weight excluding hydrogens is 328 g/mol. The predicted octanol–water partition coefficient (Wildman–Crippen LogP) is -0.135. The molecule has 8 heteroatoms. The van der Waals surface area contributed by atoms with Crippen LogP contribution in [0, 0.1) is 5.92 Å². The van der Waals surface area contributed by atoms with Gasteiger partial charge in [-0.2, -0.15) is 0 Å². The molecular formula is C17H18N2O6. The monoisotopic (exact) mass is 346 g/mol. The Morgan fingerprint density at radius 3 is 2.52 bits per heavy atom. The molecule has 2 fully saturated rings. The van der Waals surface area contributed by atoms with Crippen molar-refractivity contribution in [1.29, 1.82) is 0 Å². The van der Waals surface area contributed by atoms with Gasteiger partial charge in [-0.15, -0.1) is 0 Å². The summed E-state index contributed by atoms with van der Waals surface area (Å²) in [4.78, 5) is 46.6. The van der Waals surface area contributed by atoms with Gasteiger partial charge in [0.15, 0.2) is 5.54 Å². The first-order valence-electron chi connectivity index (χ1n) is 7.96. The third-order valence-corrected chi connectivity index (χ3v) is 4.55. The molecule has 2 aliphatic heterocycles. The molecule has 2 unspecified atom stereocenters. The minimum atomic E-state index is -1.39. The number of imide groups is 1. The van der Waals surface area contributed by atoms with Crippen molar-refractivity contribution in [3.63, 3.8) is 0 Å². The van der Waals surface area contributed by atoms with Crippen molar-refractivity contribution in [3.8, 4) is 0 Å². The SMILES string of the molecule is O=C1CC(Cc2ccc(C(=O)NC3(C(=O)O)CCOC3)cc2)C(=O)N1. The highest BCUT2D eigenvalue weighted by molar-refractivity contribution is 6.03. The summed E-state index contributed by atoms with van der Waals surface area (Å²) in [6.07, 6.45) is 0.797. The molecule has 3 amide bonds. The summed E-state index contributed by atoms with van der Waals surface area (Å²) in [6, 6.07) is 6.54. The number of amides is 3. The van der Waals surface area contributed by atoms with Crippen LogP contribution in [0.2, 0.25) is 0 Å². The molecule has 0 radical (unpaired) electrons. The van der Waals surface area contributed by atoms with E-state index in [4.69, 9.17) is 4.74 Å². The van der Waals surface area contributed by atoms with Crippen LogP contribution in [0.3, 0.4) is 0 Å². The highest BCUT2D eigenvalue weighted by atomic mass is 16.5. The molecule has 8 nitrogen and oxygen atoms in total. The fourth-order valence-electron chi connectivity index (χ4n) is 3.02. The van der Waals surface area contributed by atoms with Crippen LogP contribution >= 0.6 is 0 Å². The van der Waals surface area contributed by atoms with Gasteiger partial charge in [0, 0.05) is 25.0 Å². The van der Waals surface area contributed by atoms with E-state index in [0.29, 0.717) is 12.0 Å². The molecule has 0 aromatic heterocycles. The standard InChI is InChI=1S/C17H18N2O6/c20-13-8-12(14(21)18-13)7-10-1-3-11(4-2-10)15(22)19-17(16(23)24)5-6-25-9-17/h1-4,12H,5-9H2,(H,19,22)(H,23,24)(H,18,20,21). The maximum Gasteiger partial charge on any atom is 0.331 e. The molecule has 25 heavy (non-hydrogen) atoms. The number of carbonyl (C=O) groups is 4. The van der Waals surface area contributed by atoms with Gasteiger partial charge < -0.3 is 15.2 Å². The fourth-order valence-corrected chi connectivity index (χ4v) is 3.02. The summed E-state index contributed by atoms with van der Waals surface area (Å²) in [5.41, 5.74) is -0.246. The number of benzene rings is 1. The van der Waals surface area contributed by atoms with Crippen molar-refractivity contribution in [2.24, 2.45) is 5.92 Å². The molecule has 2 aliphatic rings. The number of hydrogen-bond donors (Lipinski definition) is 3. The number of aliphatic carboxylic acids is 1. The van der Waals surface area contributed by atoms with Gasteiger partial charge in [0.25, 0.3) is 5.91 Å². The van der Waals surface area contributed by atoms with Crippen LogP contribution in [0.5, 0.6) is 0 Å². The van der Waals surface area contributed by atoms with Crippen molar-refractivity contribution < 1.29 is 29.0 Å². The Balaban J connectivity index is 1.65. The Hall–Kier alpha value is -2.74. The van der Waals surface area contributed by atoms with Crippen molar-refractivity contribution in [2.45, 2.75) is 24.8 Å². The molecule has 0 bridgehead atoms. The molecule has 0 saturated carbocycles. The van der Waals surface area contributed by atoms with E-state index in [2.05, 4.69) is 10.6 Å². The highest BCUT2D eigenvalue weighted by Gasteiger charge is 2.44. The molecule has 3 N–H and O–H groups in total. The van der Waals surface area contributed by atoms with Crippen LogP contribution < -0.4 is 10.6 Å². The number of ether oxygens (including phenoxy) is 1. The quantitative estimate of drug-likeness (QED) is 0.638. The second kappa shape index (κ2) is 6.64. The van der Waals surface area contributed by atoms with Gasteiger partial charge in [0.1, 0.15) is 0 Å². The Kier molecular flexibility index (Phi) is 4.54. The Bertz CT molecular complexity index is 721. The van der Waals surface area contributed by atoms with Gasteiger partial charge in [-0.1, -0.05) is 12.1 Å². The van der Waals surface area contributed by atoms with Crippen molar-refractivity contribution >= 4 is 23.7 Å². The van der Waals surface area contributed by atoms with E-state index in [1.165, 1.54) is 0 Å². The van der Waals surface area contributed by atoms with Crippen LogP contribution in [0.4, 0.5) is 0 Å². The molecule has 0 aliphatic carbocycles. The van der Waals surface area contributed by atoms with Gasteiger partial charge in [-0.05, 0) is 24.1 Å². The number of carboxylic acids is 1. The van der Waals surface area contributed by atoms with Crippen LogP contribution in [-0.4, -0.2) is 47.6 Å². The molecule has 2 saturated heterocycles. The van der Waals surface area contributed by atoms with Crippen molar-refractivity contribution in [3.05, 3.63) is 35.4 Å². The zero-order chi connectivity index (χ0) is 18.0. The van der Waals surface area contributed by atoms with Crippen LogP contribution in [-0.2, 0) is 25.5 Å². The summed E-state index contributed by atoms with van der Waals surface area (Å²) in [7, 11) is 0. The van der Waals surface area contributed by atoms with Gasteiger partial charge in [-0.25, -0.2) is 4.79 Å². The van der Waals surface area contributed by atoms with E-state index in [1.807, 2.05) is 0 Å². The lowest BCUT2D eigenvalue weighted by atomic mass is 9.96. The van der Waals surface area contributed by atoms with Crippen LogP contribution in [0.15, 0.2) is 24.3 Å². The number of carbonyl (C=O) groups excluding carboxylic acids is 3. The highest BCUT2D eigenvalue weighted by Crippen LogP contribution is 2.21. The minimum absolute atomic E-state index is 0.0586. The maximum atomic E-state index is 12.3. The van der Waals surface area contributed by atoms with E-state index in [0.717, 1.165) is 5.56 Å². The smallest absolute Gasteiger partial charge is 0.331 e. The average Bonchev–Trinajstić information content (AvgIpc) is 3.16. The molecule has 1 aromatic carbocycles. The predicted molar refractivity (Wildman–Crippen MR) is 84.7 cm³/mol. The van der Waals surface area contributed by atoms with E-state index < -0.39 is 23.3 Å². The third kappa shape index (κ3) is 3.53. The van der Waals surface area contributed by atoms with E-state index in [-0.39, 0.29) is 37.9 Å². The summed E-state index contributed by atoms with van der Waals surface area (Å²) < 4.78 is 5.11. The minimum Gasteiger partial charge on any atom is -0.479 e. The third-order valence-electron chi connectivity index (χ3n) is 4.55. The summed E-state index contributed by atoms with van der Waals surface area (Å²) in [6.45, 7) is 0.227. The Labute approximate surface area is 143 Å². The van der Waals surface area contributed by atoms with Crippen LogP contribution in [0.1, 0.15) is 28.8 Å². The molecule has 2 heterocycles. The molecule has 3 rings (SSSR count). The van der Waals surface area contributed by atoms with Crippen molar-refractivity contribution in [2.75, 3.05) is 13.2 Å². The second-order valence-electron chi connectivity index (χ2n) is 6.36. The lowest BCUT2D eigenvalue weighted by Gasteiger charge is -2.23. The van der Waals surface area contributed by atoms with Gasteiger partial charge in [0.05, 0.1) is 12.5 Å². The molecule has 132 valence electrons. The maximum absolute atomic E-state index is 12.3. The fraction of sp³-hybridized carbons (Fsp3) is 0.412. The Morgan fingerprint density at radius 1 is 1.28 bits per heavy atom. The molecule has 0 spiro atoms. The summed E-state index contributed by atoms with van der Waals surface area (Å²) in [5, 5.41) is 14.2. The number of rotatable bonds is 5.